The van der Waals surface area contributed by atoms with Crippen LogP contribution in [0.15, 0.2) is 60.8 Å². The van der Waals surface area contributed by atoms with Gasteiger partial charge < -0.3 is 14.4 Å². The van der Waals surface area contributed by atoms with E-state index in [9.17, 15) is 5.11 Å². The Balaban J connectivity index is 1.71. The molecule has 2 aromatic carbocycles. The van der Waals surface area contributed by atoms with Crippen LogP contribution in [0.25, 0.3) is 10.9 Å². The van der Waals surface area contributed by atoms with Crippen LogP contribution in [-0.2, 0) is 24.7 Å². The van der Waals surface area contributed by atoms with Crippen LogP contribution in [0.5, 0.6) is 0 Å². The second-order valence-electron chi connectivity index (χ2n) is 4.80. The van der Waals surface area contributed by atoms with Gasteiger partial charge in [-0.05, 0) is 28.6 Å². The molecule has 0 unspecified atom stereocenters. The first-order valence-corrected chi connectivity index (χ1v) is 6.67. The molecule has 20 heavy (non-hydrogen) atoms. The quantitative estimate of drug-likeness (QED) is 0.769. The number of fused-ring (bicyclic) bond motifs is 1. The zero-order valence-corrected chi connectivity index (χ0v) is 11.2. The molecule has 0 atom stereocenters. The molecule has 0 bridgehead atoms. The second-order valence-corrected chi connectivity index (χ2v) is 4.80. The highest BCUT2D eigenvalue weighted by molar-refractivity contribution is 5.80. The van der Waals surface area contributed by atoms with Crippen molar-refractivity contribution in [1.29, 1.82) is 0 Å². The maximum Gasteiger partial charge on any atom is 0.123 e. The van der Waals surface area contributed by atoms with Crippen molar-refractivity contribution in [2.24, 2.45) is 0 Å². The van der Waals surface area contributed by atoms with E-state index in [2.05, 4.69) is 22.8 Å². The van der Waals surface area contributed by atoms with Crippen LogP contribution in [0.3, 0.4) is 0 Å². The van der Waals surface area contributed by atoms with E-state index in [-0.39, 0.29) is 6.61 Å². The van der Waals surface area contributed by atoms with Crippen molar-refractivity contribution in [3.05, 3.63) is 71.9 Å². The summed E-state index contributed by atoms with van der Waals surface area (Å²) in [6, 6.07) is 18.2. The summed E-state index contributed by atoms with van der Waals surface area (Å²) < 4.78 is 7.80. The predicted octanol–water partition coefficient (Wildman–Crippen LogP) is 3.31. The number of hydrogen-bond acceptors (Lipinski definition) is 2. The monoisotopic (exact) mass is 267 g/mol. The first-order valence-electron chi connectivity index (χ1n) is 6.67. The highest BCUT2D eigenvalue weighted by Crippen LogP contribution is 2.18. The third kappa shape index (κ3) is 2.74. The highest BCUT2D eigenvalue weighted by Gasteiger charge is 2.02. The average molecular weight is 267 g/mol. The lowest BCUT2D eigenvalue weighted by Gasteiger charge is -2.08. The van der Waals surface area contributed by atoms with Gasteiger partial charge in [-0.2, -0.15) is 0 Å². The summed E-state index contributed by atoms with van der Waals surface area (Å²) in [5.41, 5.74) is 3.17. The molecule has 0 saturated carbocycles. The van der Waals surface area contributed by atoms with E-state index in [1.165, 1.54) is 5.56 Å². The van der Waals surface area contributed by atoms with Gasteiger partial charge in [-0.25, -0.2) is 0 Å². The molecule has 0 aliphatic heterocycles. The smallest absolute Gasteiger partial charge is 0.123 e. The molecule has 3 nitrogen and oxygen atoms in total. The molecule has 3 heteroatoms. The lowest BCUT2D eigenvalue weighted by Crippen LogP contribution is -2.01. The zero-order chi connectivity index (χ0) is 13.8. The van der Waals surface area contributed by atoms with E-state index >= 15 is 0 Å². The van der Waals surface area contributed by atoms with Crippen molar-refractivity contribution in [3.8, 4) is 0 Å². The summed E-state index contributed by atoms with van der Waals surface area (Å²) in [6.45, 7) is 1.17. The molecule has 0 saturated heterocycles. The molecular weight excluding hydrogens is 250 g/mol. The van der Waals surface area contributed by atoms with Gasteiger partial charge in [0.05, 0.1) is 18.7 Å². The van der Waals surface area contributed by atoms with Gasteiger partial charge in [0.15, 0.2) is 0 Å². The van der Waals surface area contributed by atoms with Gasteiger partial charge in [0.1, 0.15) is 6.73 Å². The molecule has 0 aliphatic rings. The fourth-order valence-corrected chi connectivity index (χ4v) is 2.28. The molecule has 0 spiro atoms. The van der Waals surface area contributed by atoms with Crippen molar-refractivity contribution < 1.29 is 9.84 Å². The Hall–Kier alpha value is -2.10. The van der Waals surface area contributed by atoms with Gasteiger partial charge in [0.25, 0.3) is 0 Å². The normalized spacial score (nSPS) is 11.1. The predicted molar refractivity (Wildman–Crippen MR) is 79.1 cm³/mol. The fourth-order valence-electron chi connectivity index (χ4n) is 2.28. The van der Waals surface area contributed by atoms with E-state index in [0.29, 0.717) is 13.3 Å². The summed E-state index contributed by atoms with van der Waals surface area (Å²) in [7, 11) is 0. The zero-order valence-electron chi connectivity index (χ0n) is 11.2. The molecule has 0 radical (unpaired) electrons. The molecule has 0 amide bonds. The second kappa shape index (κ2) is 5.90. The van der Waals surface area contributed by atoms with Gasteiger partial charge in [0, 0.05) is 6.20 Å². The van der Waals surface area contributed by atoms with Gasteiger partial charge in [-0.15, -0.1) is 0 Å². The Labute approximate surface area is 118 Å². The number of nitrogens with zero attached hydrogens (tertiary/aromatic N) is 1. The number of benzene rings is 2. The number of aromatic nitrogens is 1. The molecular formula is C17H17NO2. The van der Waals surface area contributed by atoms with Gasteiger partial charge >= 0.3 is 0 Å². The number of hydrogen-bond donors (Lipinski definition) is 1. The Kier molecular flexibility index (Phi) is 3.81. The van der Waals surface area contributed by atoms with E-state index < -0.39 is 0 Å². The lowest BCUT2D eigenvalue weighted by atomic mass is 10.2. The van der Waals surface area contributed by atoms with Crippen LogP contribution in [0.2, 0.25) is 0 Å². The first kappa shape index (κ1) is 12.9. The first-order chi connectivity index (χ1) is 9.86. The third-order valence-corrected chi connectivity index (χ3v) is 3.36. The van der Waals surface area contributed by atoms with E-state index in [1.54, 1.807) is 0 Å². The van der Waals surface area contributed by atoms with Crippen LogP contribution in [0.4, 0.5) is 0 Å². The van der Waals surface area contributed by atoms with E-state index in [4.69, 9.17) is 4.74 Å². The Morgan fingerprint density at radius 2 is 1.80 bits per heavy atom. The van der Waals surface area contributed by atoms with Crippen LogP contribution < -0.4 is 0 Å². The van der Waals surface area contributed by atoms with Crippen molar-refractivity contribution in [2.45, 2.75) is 19.9 Å². The molecule has 3 aromatic rings. The SMILES string of the molecule is OCc1ccc2ccn(COCc3ccccc3)c2c1. The summed E-state index contributed by atoms with van der Waals surface area (Å²) >= 11 is 0. The summed E-state index contributed by atoms with van der Waals surface area (Å²) in [4.78, 5) is 0. The molecule has 1 N–H and O–H groups in total. The maximum atomic E-state index is 9.21. The van der Waals surface area contributed by atoms with Crippen molar-refractivity contribution >= 4 is 10.9 Å². The standard InChI is InChI=1S/C17H17NO2/c19-11-15-6-7-16-8-9-18(17(16)10-15)13-20-12-14-4-2-1-3-5-14/h1-10,19H,11-13H2. The highest BCUT2D eigenvalue weighted by atomic mass is 16.5. The number of aliphatic hydroxyl groups excluding tert-OH is 1. The van der Waals surface area contributed by atoms with Crippen LogP contribution in [0.1, 0.15) is 11.1 Å². The summed E-state index contributed by atoms with van der Waals surface area (Å²) in [6.07, 6.45) is 2.01. The number of ether oxygens (including phenoxy) is 1. The summed E-state index contributed by atoms with van der Waals surface area (Å²) in [5, 5.41) is 10.4. The molecule has 0 aliphatic carbocycles. The minimum Gasteiger partial charge on any atom is -0.392 e. The molecule has 0 fully saturated rings. The molecule has 3 rings (SSSR count). The fraction of sp³-hybridized carbons (Fsp3) is 0.176. The van der Waals surface area contributed by atoms with E-state index in [0.717, 1.165) is 16.5 Å². The Morgan fingerprint density at radius 3 is 2.60 bits per heavy atom. The van der Waals surface area contributed by atoms with Crippen molar-refractivity contribution in [1.82, 2.24) is 4.57 Å². The van der Waals surface area contributed by atoms with Crippen molar-refractivity contribution in [2.75, 3.05) is 0 Å². The number of aliphatic hydroxyl groups is 1. The van der Waals surface area contributed by atoms with Gasteiger partial charge in [-0.3, -0.25) is 0 Å². The topological polar surface area (TPSA) is 34.4 Å². The van der Waals surface area contributed by atoms with Crippen LogP contribution >= 0.6 is 0 Å². The Bertz CT molecular complexity index is 689. The minimum atomic E-state index is 0.0615. The van der Waals surface area contributed by atoms with Crippen LogP contribution in [0, 0.1) is 0 Å². The minimum absolute atomic E-state index is 0.0615. The molecule has 1 aromatic heterocycles. The van der Waals surface area contributed by atoms with Gasteiger partial charge in [-0.1, -0.05) is 42.5 Å². The summed E-state index contributed by atoms with van der Waals surface area (Å²) in [5.74, 6) is 0. The van der Waals surface area contributed by atoms with Crippen LogP contribution in [-0.4, -0.2) is 9.67 Å². The molecule has 102 valence electrons. The maximum absolute atomic E-state index is 9.21. The number of rotatable bonds is 5. The Morgan fingerprint density at radius 1 is 0.950 bits per heavy atom. The van der Waals surface area contributed by atoms with Crippen molar-refractivity contribution in [3.63, 3.8) is 0 Å². The largest absolute Gasteiger partial charge is 0.392 e. The third-order valence-electron chi connectivity index (χ3n) is 3.36. The average Bonchev–Trinajstić information content (AvgIpc) is 2.91. The van der Waals surface area contributed by atoms with Gasteiger partial charge in [0.2, 0.25) is 0 Å². The van der Waals surface area contributed by atoms with E-state index in [1.807, 2.05) is 42.6 Å². The molecule has 1 heterocycles. The lowest BCUT2D eigenvalue weighted by molar-refractivity contribution is 0.0668.